The van der Waals surface area contributed by atoms with Gasteiger partial charge >= 0.3 is 0 Å². The first-order valence-electron chi connectivity index (χ1n) is 7.48. The van der Waals surface area contributed by atoms with Crippen molar-refractivity contribution in [1.82, 2.24) is 0 Å². The number of aliphatic hydroxyl groups is 1. The molecule has 0 spiro atoms. The molecule has 0 fully saturated rings. The lowest BCUT2D eigenvalue weighted by Gasteiger charge is -2.34. The van der Waals surface area contributed by atoms with E-state index >= 15 is 0 Å². The summed E-state index contributed by atoms with van der Waals surface area (Å²) in [6.07, 6.45) is 1.34. The monoisotopic (exact) mass is 282 g/mol. The van der Waals surface area contributed by atoms with Gasteiger partial charge in [0.15, 0.2) is 11.5 Å². The molecule has 0 saturated heterocycles. The second-order valence-electron chi connectivity index (χ2n) is 5.71. The Morgan fingerprint density at radius 1 is 1.00 bits per heavy atom. The molecule has 0 amide bonds. The van der Waals surface area contributed by atoms with Crippen molar-refractivity contribution in [3.63, 3.8) is 0 Å². The molecule has 2 aromatic carbocycles. The average molecular weight is 282 g/mol. The summed E-state index contributed by atoms with van der Waals surface area (Å²) >= 11 is 0. The minimum Gasteiger partial charge on any atom is -0.490 e. The molecule has 2 unspecified atom stereocenters. The Morgan fingerprint density at radius 2 is 1.81 bits per heavy atom. The maximum Gasteiger partial charge on any atom is 0.161 e. The van der Waals surface area contributed by atoms with Crippen molar-refractivity contribution in [2.24, 2.45) is 0 Å². The van der Waals surface area contributed by atoms with Crippen LogP contribution in [0.1, 0.15) is 35.1 Å². The Bertz CT molecular complexity index is 665. The molecule has 0 bridgehead atoms. The molecule has 108 valence electrons. The maximum absolute atomic E-state index is 10.7. The highest BCUT2D eigenvalue weighted by Crippen LogP contribution is 2.44. The zero-order chi connectivity index (χ0) is 14.2. The molecule has 21 heavy (non-hydrogen) atoms. The summed E-state index contributed by atoms with van der Waals surface area (Å²) in [6, 6.07) is 14.1. The highest BCUT2D eigenvalue weighted by atomic mass is 16.5. The van der Waals surface area contributed by atoms with Gasteiger partial charge in [-0.2, -0.15) is 0 Å². The van der Waals surface area contributed by atoms with Crippen LogP contribution in [0.25, 0.3) is 0 Å². The molecule has 3 heteroatoms. The topological polar surface area (TPSA) is 38.7 Å². The summed E-state index contributed by atoms with van der Waals surface area (Å²) in [5, 5.41) is 10.7. The predicted octanol–water partition coefficient (Wildman–Crippen LogP) is 3.22. The van der Waals surface area contributed by atoms with Crippen LogP contribution in [-0.4, -0.2) is 18.3 Å². The number of benzene rings is 2. The zero-order valence-corrected chi connectivity index (χ0v) is 11.8. The van der Waals surface area contributed by atoms with Crippen LogP contribution in [0.5, 0.6) is 11.5 Å². The van der Waals surface area contributed by atoms with Gasteiger partial charge in [-0.3, -0.25) is 0 Å². The second kappa shape index (κ2) is 5.08. The lowest BCUT2D eigenvalue weighted by Crippen LogP contribution is -2.23. The number of aliphatic hydroxyl groups excluding tert-OH is 1. The molecule has 3 nitrogen and oxygen atoms in total. The van der Waals surface area contributed by atoms with Crippen LogP contribution >= 0.6 is 0 Å². The van der Waals surface area contributed by atoms with Crippen LogP contribution in [0, 0.1) is 0 Å². The summed E-state index contributed by atoms with van der Waals surface area (Å²) in [5.41, 5.74) is 3.51. The first-order valence-corrected chi connectivity index (χ1v) is 7.48. The summed E-state index contributed by atoms with van der Waals surface area (Å²) in [4.78, 5) is 0. The zero-order valence-electron chi connectivity index (χ0n) is 11.8. The van der Waals surface area contributed by atoms with E-state index < -0.39 is 6.10 Å². The molecular weight excluding hydrogens is 264 g/mol. The van der Waals surface area contributed by atoms with Gasteiger partial charge in [0.1, 0.15) is 0 Å². The van der Waals surface area contributed by atoms with Crippen LogP contribution < -0.4 is 9.47 Å². The van der Waals surface area contributed by atoms with Crippen molar-refractivity contribution in [2.45, 2.75) is 24.9 Å². The molecule has 1 aliphatic heterocycles. The molecule has 2 atom stereocenters. The third-order valence-corrected chi connectivity index (χ3v) is 4.39. The van der Waals surface area contributed by atoms with Gasteiger partial charge in [-0.05, 0) is 35.2 Å². The summed E-state index contributed by atoms with van der Waals surface area (Å²) in [5.74, 6) is 1.71. The summed E-state index contributed by atoms with van der Waals surface area (Å²) in [7, 11) is 0. The second-order valence-corrected chi connectivity index (χ2v) is 5.71. The first-order chi connectivity index (χ1) is 10.3. The summed E-state index contributed by atoms with van der Waals surface area (Å²) in [6.45, 7) is 1.35. The SMILES string of the molecule is OC(c1ccc2c(c1)OCCCO2)C1Cc2ccccc21. The molecule has 2 aliphatic rings. The third-order valence-electron chi connectivity index (χ3n) is 4.39. The van der Waals surface area contributed by atoms with Crippen molar-refractivity contribution in [3.05, 3.63) is 59.2 Å². The van der Waals surface area contributed by atoms with Crippen LogP contribution in [-0.2, 0) is 6.42 Å². The molecule has 4 rings (SSSR count). The van der Waals surface area contributed by atoms with E-state index in [1.807, 2.05) is 24.3 Å². The fourth-order valence-corrected chi connectivity index (χ4v) is 3.18. The van der Waals surface area contributed by atoms with Gasteiger partial charge in [0.25, 0.3) is 0 Å². The van der Waals surface area contributed by atoms with Gasteiger partial charge in [0.05, 0.1) is 19.3 Å². The Balaban J connectivity index is 1.61. The van der Waals surface area contributed by atoms with E-state index in [-0.39, 0.29) is 5.92 Å². The maximum atomic E-state index is 10.7. The van der Waals surface area contributed by atoms with Crippen molar-refractivity contribution >= 4 is 0 Å². The van der Waals surface area contributed by atoms with E-state index in [2.05, 4.69) is 18.2 Å². The fourth-order valence-electron chi connectivity index (χ4n) is 3.18. The van der Waals surface area contributed by atoms with Gasteiger partial charge in [0, 0.05) is 12.3 Å². The van der Waals surface area contributed by atoms with Gasteiger partial charge in [0.2, 0.25) is 0 Å². The molecule has 1 aliphatic carbocycles. The molecule has 2 aromatic rings. The van der Waals surface area contributed by atoms with Gasteiger partial charge in [-0.1, -0.05) is 30.3 Å². The van der Waals surface area contributed by atoms with Crippen LogP contribution in [0.15, 0.2) is 42.5 Å². The third kappa shape index (κ3) is 2.18. The van der Waals surface area contributed by atoms with E-state index in [1.54, 1.807) is 0 Å². The van der Waals surface area contributed by atoms with Gasteiger partial charge in [-0.15, -0.1) is 0 Å². The Hall–Kier alpha value is -2.00. The predicted molar refractivity (Wildman–Crippen MR) is 79.9 cm³/mol. The minimum absolute atomic E-state index is 0.186. The molecule has 0 aromatic heterocycles. The van der Waals surface area contributed by atoms with Crippen LogP contribution in [0.2, 0.25) is 0 Å². The highest BCUT2D eigenvalue weighted by molar-refractivity contribution is 5.47. The van der Waals surface area contributed by atoms with Gasteiger partial charge in [-0.25, -0.2) is 0 Å². The smallest absolute Gasteiger partial charge is 0.161 e. The van der Waals surface area contributed by atoms with E-state index in [9.17, 15) is 5.11 Å². The molecule has 0 radical (unpaired) electrons. The largest absolute Gasteiger partial charge is 0.490 e. The van der Waals surface area contributed by atoms with Crippen LogP contribution in [0.4, 0.5) is 0 Å². The van der Waals surface area contributed by atoms with E-state index in [1.165, 1.54) is 11.1 Å². The van der Waals surface area contributed by atoms with E-state index in [0.29, 0.717) is 13.2 Å². The van der Waals surface area contributed by atoms with E-state index in [0.717, 1.165) is 29.9 Å². The molecular formula is C18H18O3. The van der Waals surface area contributed by atoms with Crippen molar-refractivity contribution < 1.29 is 14.6 Å². The highest BCUT2D eigenvalue weighted by Gasteiger charge is 2.32. The van der Waals surface area contributed by atoms with Crippen LogP contribution in [0.3, 0.4) is 0 Å². The first kappa shape index (κ1) is 12.7. The molecule has 0 saturated carbocycles. The van der Waals surface area contributed by atoms with Crippen molar-refractivity contribution in [3.8, 4) is 11.5 Å². The number of hydrogen-bond donors (Lipinski definition) is 1. The van der Waals surface area contributed by atoms with Crippen molar-refractivity contribution in [2.75, 3.05) is 13.2 Å². The quantitative estimate of drug-likeness (QED) is 0.919. The number of fused-ring (bicyclic) bond motifs is 2. The molecule has 1 heterocycles. The number of ether oxygens (including phenoxy) is 2. The average Bonchev–Trinajstić information content (AvgIpc) is 2.72. The fraction of sp³-hybridized carbons (Fsp3) is 0.333. The Labute approximate surface area is 124 Å². The number of rotatable bonds is 2. The van der Waals surface area contributed by atoms with Crippen molar-refractivity contribution in [1.29, 1.82) is 0 Å². The standard InChI is InChI=1S/C18H18O3/c19-18(15-10-12-4-1-2-5-14(12)15)13-6-7-16-17(11-13)21-9-3-8-20-16/h1-2,4-7,11,15,18-19H,3,8-10H2. The number of hydrogen-bond acceptors (Lipinski definition) is 3. The summed E-state index contributed by atoms with van der Waals surface area (Å²) < 4.78 is 11.3. The lowest BCUT2D eigenvalue weighted by molar-refractivity contribution is 0.134. The molecule has 1 N–H and O–H groups in total. The van der Waals surface area contributed by atoms with Gasteiger partial charge < -0.3 is 14.6 Å². The van der Waals surface area contributed by atoms with E-state index in [4.69, 9.17) is 9.47 Å². The Morgan fingerprint density at radius 3 is 2.67 bits per heavy atom. The lowest BCUT2D eigenvalue weighted by atomic mass is 9.73. The normalized spacial score (nSPS) is 20.9. The minimum atomic E-state index is -0.489. The Kier molecular flexibility index (Phi) is 3.08.